The number of benzene rings is 1. The van der Waals surface area contributed by atoms with E-state index in [1.165, 1.54) is 12.1 Å². The molecular formula is C18H28F3IN4O2. The number of alkyl carbamates (subject to hydrolysis) is 1. The maximum absolute atomic E-state index is 12.6. The van der Waals surface area contributed by atoms with E-state index in [0.717, 1.165) is 17.7 Å². The van der Waals surface area contributed by atoms with E-state index in [9.17, 15) is 18.0 Å². The summed E-state index contributed by atoms with van der Waals surface area (Å²) in [5.74, 6) is 0.556. The van der Waals surface area contributed by atoms with Crippen molar-refractivity contribution in [2.24, 2.45) is 4.99 Å². The number of nitrogens with zero attached hydrogens (tertiary/aromatic N) is 2. The Hall–Kier alpha value is -1.72. The van der Waals surface area contributed by atoms with Gasteiger partial charge in [0.1, 0.15) is 5.60 Å². The van der Waals surface area contributed by atoms with E-state index in [1.807, 2.05) is 0 Å². The molecule has 1 amide bonds. The fourth-order valence-electron chi connectivity index (χ4n) is 2.19. The Balaban J connectivity index is 0.00000729. The van der Waals surface area contributed by atoms with Gasteiger partial charge in [0.15, 0.2) is 5.96 Å². The minimum absolute atomic E-state index is 0. The molecule has 0 spiro atoms. The predicted octanol–water partition coefficient (Wildman–Crippen LogP) is 3.86. The van der Waals surface area contributed by atoms with Crippen LogP contribution in [0.2, 0.25) is 0 Å². The highest BCUT2D eigenvalue weighted by atomic mass is 127. The quantitative estimate of drug-likeness (QED) is 0.270. The molecule has 0 atom stereocenters. The molecule has 6 nitrogen and oxygen atoms in total. The predicted molar refractivity (Wildman–Crippen MR) is 114 cm³/mol. The first-order valence-corrected chi connectivity index (χ1v) is 8.47. The van der Waals surface area contributed by atoms with Gasteiger partial charge in [-0.2, -0.15) is 13.2 Å². The lowest BCUT2D eigenvalue weighted by molar-refractivity contribution is -0.137. The number of aliphatic imine (C=N–C) groups is 1. The third kappa shape index (κ3) is 10.00. The minimum Gasteiger partial charge on any atom is -0.444 e. The van der Waals surface area contributed by atoms with E-state index in [1.54, 1.807) is 39.8 Å². The maximum Gasteiger partial charge on any atom is 0.416 e. The number of carbonyl (C=O) groups excluding carboxylic acids is 1. The molecule has 0 saturated heterocycles. The minimum atomic E-state index is -4.34. The molecule has 0 aromatic heterocycles. The first kappa shape index (κ1) is 26.3. The lowest BCUT2D eigenvalue weighted by atomic mass is 10.1. The third-order valence-electron chi connectivity index (χ3n) is 3.35. The van der Waals surface area contributed by atoms with Crippen molar-refractivity contribution in [1.29, 1.82) is 0 Å². The topological polar surface area (TPSA) is 66.0 Å². The molecule has 28 heavy (non-hydrogen) atoms. The SMILES string of the molecule is CN=C(NCCNC(=O)OC(C)(C)C)N(C)Cc1ccc(C(F)(F)F)cc1.I. The molecule has 0 aliphatic heterocycles. The van der Waals surface area contributed by atoms with Gasteiger partial charge in [0, 0.05) is 33.7 Å². The van der Waals surface area contributed by atoms with Crippen LogP contribution in [0.3, 0.4) is 0 Å². The van der Waals surface area contributed by atoms with Gasteiger partial charge in [-0.15, -0.1) is 24.0 Å². The summed E-state index contributed by atoms with van der Waals surface area (Å²) < 4.78 is 43.0. The van der Waals surface area contributed by atoms with Gasteiger partial charge in [0.25, 0.3) is 0 Å². The van der Waals surface area contributed by atoms with Crippen LogP contribution in [-0.4, -0.2) is 49.7 Å². The molecule has 160 valence electrons. The molecule has 10 heteroatoms. The van der Waals surface area contributed by atoms with Gasteiger partial charge in [-0.05, 0) is 38.5 Å². The molecule has 0 aliphatic rings. The van der Waals surface area contributed by atoms with Gasteiger partial charge in [0.05, 0.1) is 5.56 Å². The smallest absolute Gasteiger partial charge is 0.416 e. The molecule has 0 heterocycles. The summed E-state index contributed by atoms with van der Waals surface area (Å²) in [6.07, 6.45) is -4.85. The molecule has 1 aromatic carbocycles. The number of amides is 1. The molecule has 0 saturated carbocycles. The zero-order valence-corrected chi connectivity index (χ0v) is 19.0. The molecule has 0 unspecified atom stereocenters. The maximum atomic E-state index is 12.6. The van der Waals surface area contributed by atoms with Crippen molar-refractivity contribution >= 4 is 36.0 Å². The largest absolute Gasteiger partial charge is 0.444 e. The molecule has 0 radical (unpaired) electrons. The Morgan fingerprint density at radius 3 is 2.11 bits per heavy atom. The van der Waals surface area contributed by atoms with Crippen LogP contribution in [0.25, 0.3) is 0 Å². The fourth-order valence-corrected chi connectivity index (χ4v) is 2.19. The molecule has 1 rings (SSSR count). The molecule has 1 aromatic rings. The van der Waals surface area contributed by atoms with Crippen LogP contribution in [0.15, 0.2) is 29.3 Å². The average Bonchev–Trinajstić information content (AvgIpc) is 2.52. The van der Waals surface area contributed by atoms with Crippen molar-refractivity contribution in [1.82, 2.24) is 15.5 Å². The van der Waals surface area contributed by atoms with Crippen molar-refractivity contribution in [3.63, 3.8) is 0 Å². The number of nitrogens with one attached hydrogen (secondary N) is 2. The number of hydrogen-bond acceptors (Lipinski definition) is 3. The summed E-state index contributed by atoms with van der Waals surface area (Å²) >= 11 is 0. The van der Waals surface area contributed by atoms with Crippen LogP contribution in [0, 0.1) is 0 Å². The molecule has 0 aliphatic carbocycles. The Morgan fingerprint density at radius 2 is 1.64 bits per heavy atom. The molecule has 0 bridgehead atoms. The second kappa shape index (κ2) is 11.3. The Labute approximate surface area is 180 Å². The number of rotatable bonds is 5. The summed E-state index contributed by atoms with van der Waals surface area (Å²) in [6, 6.07) is 5.00. The van der Waals surface area contributed by atoms with Gasteiger partial charge in [0.2, 0.25) is 0 Å². The Kier molecular flexibility index (Phi) is 10.6. The molecule has 2 N–H and O–H groups in total. The monoisotopic (exact) mass is 516 g/mol. The van der Waals surface area contributed by atoms with Crippen LogP contribution in [-0.2, 0) is 17.5 Å². The van der Waals surface area contributed by atoms with Gasteiger partial charge >= 0.3 is 12.3 Å². The second-order valence-corrected chi connectivity index (χ2v) is 6.95. The van der Waals surface area contributed by atoms with Gasteiger partial charge in [-0.25, -0.2) is 4.79 Å². The summed E-state index contributed by atoms with van der Waals surface area (Å²) in [4.78, 5) is 17.5. The summed E-state index contributed by atoms with van der Waals surface area (Å²) in [6.45, 7) is 6.48. The van der Waals surface area contributed by atoms with Crippen molar-refractivity contribution in [2.75, 3.05) is 27.2 Å². The number of carbonyl (C=O) groups is 1. The van der Waals surface area contributed by atoms with E-state index >= 15 is 0 Å². The van der Waals surface area contributed by atoms with Crippen molar-refractivity contribution < 1.29 is 22.7 Å². The Morgan fingerprint density at radius 1 is 1.11 bits per heavy atom. The molecule has 0 fully saturated rings. The number of ether oxygens (including phenoxy) is 1. The highest BCUT2D eigenvalue weighted by Gasteiger charge is 2.29. The van der Waals surface area contributed by atoms with Crippen LogP contribution in [0.4, 0.5) is 18.0 Å². The molecular weight excluding hydrogens is 488 g/mol. The van der Waals surface area contributed by atoms with Crippen molar-refractivity contribution in [3.05, 3.63) is 35.4 Å². The second-order valence-electron chi connectivity index (χ2n) is 6.95. The van der Waals surface area contributed by atoms with Gasteiger partial charge in [-0.1, -0.05) is 12.1 Å². The number of alkyl halides is 3. The highest BCUT2D eigenvalue weighted by Crippen LogP contribution is 2.29. The highest BCUT2D eigenvalue weighted by molar-refractivity contribution is 14.0. The average molecular weight is 516 g/mol. The first-order chi connectivity index (χ1) is 12.4. The Bertz CT molecular complexity index is 644. The van der Waals surface area contributed by atoms with E-state index in [4.69, 9.17) is 4.74 Å². The zero-order chi connectivity index (χ0) is 20.7. The standard InChI is InChI=1S/C18H27F3N4O2.HI/c1-17(2,3)27-16(26)24-11-10-23-15(22-4)25(5)12-13-6-8-14(9-7-13)18(19,20)21;/h6-9H,10-12H2,1-5H3,(H,22,23)(H,24,26);1H. The fraction of sp³-hybridized carbons (Fsp3) is 0.556. The van der Waals surface area contributed by atoms with E-state index in [-0.39, 0.29) is 24.0 Å². The van der Waals surface area contributed by atoms with E-state index in [0.29, 0.717) is 25.6 Å². The summed E-state index contributed by atoms with van der Waals surface area (Å²) in [5.41, 5.74) is -0.514. The van der Waals surface area contributed by atoms with Crippen LogP contribution in [0.5, 0.6) is 0 Å². The third-order valence-corrected chi connectivity index (χ3v) is 3.35. The van der Waals surface area contributed by atoms with Crippen LogP contribution < -0.4 is 10.6 Å². The lowest BCUT2D eigenvalue weighted by Crippen LogP contribution is -2.43. The van der Waals surface area contributed by atoms with E-state index in [2.05, 4.69) is 15.6 Å². The summed E-state index contributed by atoms with van der Waals surface area (Å²) in [5, 5.41) is 5.69. The van der Waals surface area contributed by atoms with Crippen molar-refractivity contribution in [2.45, 2.75) is 39.1 Å². The number of hydrogen-bond donors (Lipinski definition) is 2. The zero-order valence-electron chi connectivity index (χ0n) is 16.7. The van der Waals surface area contributed by atoms with E-state index < -0.39 is 23.4 Å². The van der Waals surface area contributed by atoms with Gasteiger partial charge in [-0.3, -0.25) is 4.99 Å². The number of guanidine groups is 1. The number of halogens is 4. The van der Waals surface area contributed by atoms with Crippen LogP contribution >= 0.6 is 24.0 Å². The van der Waals surface area contributed by atoms with Crippen LogP contribution in [0.1, 0.15) is 31.9 Å². The first-order valence-electron chi connectivity index (χ1n) is 8.47. The lowest BCUT2D eigenvalue weighted by Gasteiger charge is -2.23. The normalized spacial score (nSPS) is 12.1. The summed E-state index contributed by atoms with van der Waals surface area (Å²) in [7, 11) is 3.38. The van der Waals surface area contributed by atoms with Gasteiger partial charge < -0.3 is 20.3 Å². The van der Waals surface area contributed by atoms with Crippen molar-refractivity contribution in [3.8, 4) is 0 Å².